The van der Waals surface area contributed by atoms with E-state index in [1.165, 1.54) is 16.7 Å². The lowest BCUT2D eigenvalue weighted by molar-refractivity contribution is -0.208. The molecule has 5 atom stereocenters. The average Bonchev–Trinajstić information content (AvgIpc) is 3.36. The van der Waals surface area contributed by atoms with E-state index in [1.807, 2.05) is 12.1 Å². The molecule has 4 fully saturated rings. The highest BCUT2D eigenvalue weighted by Crippen LogP contribution is 2.64. The highest BCUT2D eigenvalue weighted by molar-refractivity contribution is 5.87. The molecule has 5 aliphatic rings. The molecule has 4 aliphatic carbocycles. The summed E-state index contributed by atoms with van der Waals surface area (Å²) in [5, 5.41) is 12.0. The zero-order chi connectivity index (χ0) is 22.1. The van der Waals surface area contributed by atoms with Crippen molar-refractivity contribution < 1.29 is 24.1 Å². The van der Waals surface area contributed by atoms with Crippen LogP contribution in [0.4, 0.5) is 0 Å². The third-order valence-corrected chi connectivity index (χ3v) is 9.43. The molecule has 0 bridgehead atoms. The number of rotatable bonds is 2. The molecular weight excluding hydrogens is 404 g/mol. The number of benzene rings is 1. The molecule has 32 heavy (non-hydrogen) atoms. The van der Waals surface area contributed by atoms with E-state index >= 15 is 0 Å². The lowest BCUT2D eigenvalue weighted by atomic mass is 9.51. The van der Waals surface area contributed by atoms with Gasteiger partial charge in [0.15, 0.2) is 5.79 Å². The van der Waals surface area contributed by atoms with Gasteiger partial charge in [-0.25, -0.2) is 0 Å². The first-order valence-corrected chi connectivity index (χ1v) is 12.3. The van der Waals surface area contributed by atoms with E-state index in [0.29, 0.717) is 43.7 Å². The van der Waals surface area contributed by atoms with Crippen LogP contribution in [0, 0.1) is 17.3 Å². The average molecular weight is 439 g/mol. The van der Waals surface area contributed by atoms with Gasteiger partial charge in [0, 0.05) is 30.6 Å². The maximum absolute atomic E-state index is 13.1. The monoisotopic (exact) mass is 438 g/mol. The second kappa shape index (κ2) is 7.15. The molecule has 2 unspecified atom stereocenters. The quantitative estimate of drug-likeness (QED) is 0.687. The first-order valence-electron chi connectivity index (χ1n) is 12.3. The number of Topliss-reactive ketones (excluding diaryl/α,β-unsaturated/α-hetero) is 1. The van der Waals surface area contributed by atoms with Crippen molar-refractivity contribution in [1.29, 1.82) is 0 Å². The van der Waals surface area contributed by atoms with E-state index in [4.69, 9.17) is 14.2 Å². The first-order chi connectivity index (χ1) is 15.4. The van der Waals surface area contributed by atoms with Crippen molar-refractivity contribution in [3.8, 4) is 5.75 Å². The van der Waals surface area contributed by atoms with E-state index in [9.17, 15) is 9.90 Å². The summed E-state index contributed by atoms with van der Waals surface area (Å²) in [5.41, 5.74) is 2.69. The lowest BCUT2D eigenvalue weighted by Crippen LogP contribution is -2.53. The molecule has 1 aromatic carbocycles. The fourth-order valence-electron chi connectivity index (χ4n) is 7.94. The van der Waals surface area contributed by atoms with Crippen molar-refractivity contribution in [3.63, 3.8) is 0 Å². The lowest BCUT2D eigenvalue weighted by Gasteiger charge is -2.55. The van der Waals surface area contributed by atoms with Crippen LogP contribution in [0.15, 0.2) is 35.4 Å². The third kappa shape index (κ3) is 2.90. The Morgan fingerprint density at radius 3 is 2.72 bits per heavy atom. The van der Waals surface area contributed by atoms with Crippen molar-refractivity contribution in [3.05, 3.63) is 41.0 Å². The minimum atomic E-state index is -0.873. The van der Waals surface area contributed by atoms with Gasteiger partial charge in [-0.3, -0.25) is 4.79 Å². The molecule has 5 heteroatoms. The molecule has 172 valence electrons. The molecule has 1 N–H and O–H groups in total. The van der Waals surface area contributed by atoms with Crippen molar-refractivity contribution in [2.45, 2.75) is 75.6 Å². The van der Waals surface area contributed by atoms with Gasteiger partial charge in [-0.05, 0) is 67.2 Å². The fourth-order valence-corrected chi connectivity index (χ4v) is 7.94. The molecule has 3 saturated carbocycles. The molecule has 5 nitrogen and oxygen atoms in total. The Balaban J connectivity index is 1.49. The van der Waals surface area contributed by atoms with Gasteiger partial charge >= 0.3 is 0 Å². The number of hydrogen-bond acceptors (Lipinski definition) is 5. The summed E-state index contributed by atoms with van der Waals surface area (Å²) in [5.74, 6) is 1.54. The standard InChI is InChI=1S/C27H34O5/c1-25-15-20(17-4-3-5-18(14-17)30-2)24-19(21(25)6-7-23(25)28)8-10-26(29)16-27(11-9-22(24)26)31-12-13-32-27/h3-5,14,19-21,29H,6-13,15-16H2,1-2H3/t19?,20-,21?,25+,26-/m1/s1. The minimum Gasteiger partial charge on any atom is -0.497 e. The number of allylic oxidation sites excluding steroid dienone is 1. The molecular formula is C27H34O5. The largest absolute Gasteiger partial charge is 0.497 e. The highest BCUT2D eigenvalue weighted by atomic mass is 16.7. The predicted molar refractivity (Wildman–Crippen MR) is 119 cm³/mol. The Bertz CT molecular complexity index is 976. The predicted octanol–water partition coefficient (Wildman–Crippen LogP) is 4.53. The van der Waals surface area contributed by atoms with Gasteiger partial charge in [0.2, 0.25) is 0 Å². The maximum atomic E-state index is 13.1. The Kier molecular flexibility index (Phi) is 4.67. The number of ketones is 1. The van der Waals surface area contributed by atoms with Gasteiger partial charge in [-0.1, -0.05) is 24.6 Å². The van der Waals surface area contributed by atoms with Crippen molar-refractivity contribution in [2.24, 2.45) is 17.3 Å². The first kappa shape index (κ1) is 20.9. The minimum absolute atomic E-state index is 0.139. The van der Waals surface area contributed by atoms with Crippen molar-refractivity contribution in [1.82, 2.24) is 0 Å². The molecule has 1 aliphatic heterocycles. The Labute approximate surface area is 190 Å². The second-order valence-corrected chi connectivity index (χ2v) is 10.9. The van der Waals surface area contributed by atoms with Crippen LogP contribution in [0.5, 0.6) is 5.75 Å². The number of ether oxygens (including phenoxy) is 3. The Hall–Kier alpha value is -1.69. The van der Waals surface area contributed by atoms with E-state index in [2.05, 4.69) is 19.1 Å². The van der Waals surface area contributed by atoms with Gasteiger partial charge in [0.05, 0.1) is 25.9 Å². The molecule has 0 amide bonds. The van der Waals surface area contributed by atoms with Crippen LogP contribution < -0.4 is 4.74 Å². The third-order valence-electron chi connectivity index (χ3n) is 9.43. The topological polar surface area (TPSA) is 65.0 Å². The highest BCUT2D eigenvalue weighted by Gasteiger charge is 2.60. The summed E-state index contributed by atoms with van der Waals surface area (Å²) in [7, 11) is 1.70. The number of fused-ring (bicyclic) bond motifs is 4. The maximum Gasteiger partial charge on any atom is 0.171 e. The van der Waals surface area contributed by atoms with Gasteiger partial charge in [-0.2, -0.15) is 0 Å². The van der Waals surface area contributed by atoms with Crippen LogP contribution in [0.25, 0.3) is 0 Å². The number of hydrogen-bond donors (Lipinski definition) is 1. The summed E-state index contributed by atoms with van der Waals surface area (Å²) in [6, 6.07) is 8.31. The van der Waals surface area contributed by atoms with Gasteiger partial charge < -0.3 is 19.3 Å². The van der Waals surface area contributed by atoms with Crippen LogP contribution in [-0.4, -0.2) is 42.6 Å². The second-order valence-electron chi connectivity index (χ2n) is 10.9. The fraction of sp³-hybridized carbons (Fsp3) is 0.667. The van der Waals surface area contributed by atoms with Gasteiger partial charge in [-0.15, -0.1) is 0 Å². The van der Waals surface area contributed by atoms with E-state index in [1.54, 1.807) is 7.11 Å². The molecule has 0 radical (unpaired) electrons. The molecule has 1 spiro atoms. The smallest absolute Gasteiger partial charge is 0.171 e. The summed E-state index contributed by atoms with van der Waals surface area (Å²) >= 11 is 0. The number of aliphatic hydroxyl groups is 1. The molecule has 1 aromatic rings. The SMILES string of the molecule is COc1cccc([C@H]2C[C@]3(C)C(=O)CCC3C3CC[C@@]4(O)CC5(CCC4=C32)OCCO5)c1. The molecule has 1 heterocycles. The Morgan fingerprint density at radius 1 is 1.12 bits per heavy atom. The van der Waals surface area contributed by atoms with Crippen molar-refractivity contribution in [2.75, 3.05) is 20.3 Å². The van der Waals surface area contributed by atoms with Crippen LogP contribution in [0.2, 0.25) is 0 Å². The summed E-state index contributed by atoms with van der Waals surface area (Å²) < 4.78 is 17.6. The summed E-state index contributed by atoms with van der Waals surface area (Å²) in [4.78, 5) is 13.1. The zero-order valence-electron chi connectivity index (χ0n) is 19.2. The number of carbonyl (C=O) groups excluding carboxylic acids is 1. The van der Waals surface area contributed by atoms with E-state index in [0.717, 1.165) is 44.3 Å². The van der Waals surface area contributed by atoms with Crippen molar-refractivity contribution >= 4 is 5.78 Å². The number of carbonyl (C=O) groups is 1. The van der Waals surface area contributed by atoms with Crippen LogP contribution in [0.1, 0.15) is 69.8 Å². The summed E-state index contributed by atoms with van der Waals surface area (Å²) in [6.45, 7) is 3.43. The molecule has 1 saturated heterocycles. The van der Waals surface area contributed by atoms with Crippen LogP contribution >= 0.6 is 0 Å². The molecule has 6 rings (SSSR count). The number of methoxy groups -OCH3 is 1. The normalized spacial score (nSPS) is 40.2. The van der Waals surface area contributed by atoms with E-state index < -0.39 is 11.4 Å². The summed E-state index contributed by atoms with van der Waals surface area (Å²) in [6.07, 6.45) is 6.30. The van der Waals surface area contributed by atoms with Gasteiger partial charge in [0.1, 0.15) is 11.5 Å². The van der Waals surface area contributed by atoms with Crippen LogP contribution in [0.3, 0.4) is 0 Å². The zero-order valence-corrected chi connectivity index (χ0v) is 19.2. The van der Waals surface area contributed by atoms with Crippen LogP contribution in [-0.2, 0) is 14.3 Å². The van der Waals surface area contributed by atoms with Gasteiger partial charge in [0.25, 0.3) is 0 Å². The van der Waals surface area contributed by atoms with E-state index in [-0.39, 0.29) is 11.3 Å². The molecule has 0 aromatic heterocycles. The Morgan fingerprint density at radius 2 is 1.94 bits per heavy atom.